The van der Waals surface area contributed by atoms with Crippen LogP contribution in [0.3, 0.4) is 0 Å². The van der Waals surface area contributed by atoms with Crippen LogP contribution >= 0.6 is 0 Å². The summed E-state index contributed by atoms with van der Waals surface area (Å²) in [7, 11) is 1.90. The molecule has 0 fully saturated rings. The first-order valence-electron chi connectivity index (χ1n) is 5.74. The predicted octanol–water partition coefficient (Wildman–Crippen LogP) is 2.63. The van der Waals surface area contributed by atoms with Gasteiger partial charge in [-0.1, -0.05) is 6.07 Å². The van der Waals surface area contributed by atoms with Crippen LogP contribution in [0.4, 0.5) is 0 Å². The lowest BCUT2D eigenvalue weighted by molar-refractivity contribution is 0.768. The lowest BCUT2D eigenvalue weighted by Crippen LogP contribution is -1.84. The molecule has 0 spiro atoms. The molecule has 4 nitrogen and oxygen atoms in total. The molecule has 18 heavy (non-hydrogen) atoms. The van der Waals surface area contributed by atoms with Gasteiger partial charge < -0.3 is 4.98 Å². The molecule has 1 N–H and O–H groups in total. The van der Waals surface area contributed by atoms with Crippen LogP contribution in [0.15, 0.2) is 36.8 Å². The van der Waals surface area contributed by atoms with Gasteiger partial charge in [0.05, 0.1) is 18.7 Å². The fourth-order valence-electron chi connectivity index (χ4n) is 2.16. The number of rotatable bonds is 2. The van der Waals surface area contributed by atoms with Crippen LogP contribution in [0.1, 0.15) is 5.56 Å². The quantitative estimate of drug-likeness (QED) is 0.743. The number of nitriles is 1. The highest BCUT2D eigenvalue weighted by Gasteiger charge is 2.06. The third-order valence-corrected chi connectivity index (χ3v) is 3.08. The highest BCUT2D eigenvalue weighted by Crippen LogP contribution is 2.26. The molecule has 0 aliphatic carbocycles. The topological polar surface area (TPSA) is 57.4 Å². The van der Waals surface area contributed by atoms with Crippen LogP contribution in [0, 0.1) is 11.3 Å². The van der Waals surface area contributed by atoms with E-state index < -0.39 is 0 Å². The minimum Gasteiger partial charge on any atom is -0.361 e. The van der Waals surface area contributed by atoms with Crippen LogP contribution in [0.25, 0.3) is 22.0 Å². The highest BCUT2D eigenvalue weighted by molar-refractivity contribution is 5.88. The Hall–Kier alpha value is -2.54. The molecule has 0 atom stereocenters. The maximum Gasteiger partial charge on any atom is 0.0670 e. The summed E-state index contributed by atoms with van der Waals surface area (Å²) < 4.78 is 1.78. The molecule has 4 heteroatoms. The first-order chi connectivity index (χ1) is 8.78. The molecule has 2 aromatic heterocycles. The van der Waals surface area contributed by atoms with E-state index >= 15 is 0 Å². The molecule has 0 aliphatic rings. The van der Waals surface area contributed by atoms with Gasteiger partial charge in [-0.05, 0) is 23.3 Å². The predicted molar refractivity (Wildman–Crippen MR) is 69.8 cm³/mol. The number of nitrogens with zero attached hydrogens (tertiary/aromatic N) is 3. The third-order valence-electron chi connectivity index (χ3n) is 3.08. The molecule has 88 valence electrons. The summed E-state index contributed by atoms with van der Waals surface area (Å²) in [5.41, 5.74) is 4.31. The molecule has 0 saturated heterocycles. The van der Waals surface area contributed by atoms with E-state index in [2.05, 4.69) is 28.3 Å². The average Bonchev–Trinajstić information content (AvgIpc) is 2.96. The largest absolute Gasteiger partial charge is 0.361 e. The summed E-state index contributed by atoms with van der Waals surface area (Å²) in [4.78, 5) is 3.18. The maximum absolute atomic E-state index is 8.81. The second kappa shape index (κ2) is 4.04. The molecule has 0 bridgehead atoms. The van der Waals surface area contributed by atoms with Crippen molar-refractivity contribution in [1.29, 1.82) is 5.26 Å². The van der Waals surface area contributed by atoms with Gasteiger partial charge in [-0.25, -0.2) is 0 Å². The van der Waals surface area contributed by atoms with E-state index in [-0.39, 0.29) is 0 Å². The summed E-state index contributed by atoms with van der Waals surface area (Å²) in [6.45, 7) is 0. The first kappa shape index (κ1) is 10.6. The second-order valence-corrected chi connectivity index (χ2v) is 4.31. The normalized spacial score (nSPS) is 10.7. The number of fused-ring (bicyclic) bond motifs is 1. The number of aryl methyl sites for hydroxylation is 1. The Labute approximate surface area is 104 Å². The Morgan fingerprint density at radius 3 is 3.00 bits per heavy atom. The molecule has 0 unspecified atom stereocenters. The number of H-pyrrole nitrogens is 1. The Bertz CT molecular complexity index is 743. The minimum absolute atomic E-state index is 0.427. The van der Waals surface area contributed by atoms with Crippen molar-refractivity contribution in [2.75, 3.05) is 0 Å². The van der Waals surface area contributed by atoms with E-state index in [1.54, 1.807) is 4.68 Å². The lowest BCUT2D eigenvalue weighted by atomic mass is 10.0. The zero-order chi connectivity index (χ0) is 12.5. The van der Waals surface area contributed by atoms with Gasteiger partial charge in [0.2, 0.25) is 0 Å². The van der Waals surface area contributed by atoms with E-state index in [0.717, 1.165) is 27.6 Å². The van der Waals surface area contributed by atoms with Crippen molar-refractivity contribution in [2.24, 2.45) is 7.05 Å². The zero-order valence-electron chi connectivity index (χ0n) is 10.0. The van der Waals surface area contributed by atoms with Crippen LogP contribution in [0.5, 0.6) is 0 Å². The van der Waals surface area contributed by atoms with Crippen molar-refractivity contribution in [1.82, 2.24) is 14.8 Å². The van der Waals surface area contributed by atoms with Gasteiger partial charge in [-0.15, -0.1) is 0 Å². The van der Waals surface area contributed by atoms with Gasteiger partial charge in [-0.3, -0.25) is 4.68 Å². The Morgan fingerprint density at radius 2 is 2.28 bits per heavy atom. The molecule has 0 radical (unpaired) electrons. The standard InChI is InChI=1S/C14H12N4/c1-18-9-12(8-17-18)10-2-3-14-13(6-10)11(4-5-15)7-16-14/h2-3,6-9,16H,4H2,1H3. The van der Waals surface area contributed by atoms with Crippen LogP contribution in [-0.2, 0) is 13.5 Å². The monoisotopic (exact) mass is 236 g/mol. The molecular formula is C14H12N4. The van der Waals surface area contributed by atoms with Gasteiger partial charge in [0, 0.05) is 35.9 Å². The van der Waals surface area contributed by atoms with E-state index in [9.17, 15) is 0 Å². The van der Waals surface area contributed by atoms with Crippen molar-refractivity contribution in [2.45, 2.75) is 6.42 Å². The van der Waals surface area contributed by atoms with Gasteiger partial charge >= 0.3 is 0 Å². The second-order valence-electron chi connectivity index (χ2n) is 4.31. The Balaban J connectivity index is 2.15. The summed E-state index contributed by atoms with van der Waals surface area (Å²) in [5.74, 6) is 0. The van der Waals surface area contributed by atoms with Gasteiger partial charge in [0.1, 0.15) is 0 Å². The van der Waals surface area contributed by atoms with E-state index in [1.165, 1.54) is 0 Å². The maximum atomic E-state index is 8.81. The third kappa shape index (κ3) is 1.66. The fraction of sp³-hybridized carbons (Fsp3) is 0.143. The van der Waals surface area contributed by atoms with Gasteiger partial charge in [0.25, 0.3) is 0 Å². The number of benzene rings is 1. The first-order valence-corrected chi connectivity index (χ1v) is 5.74. The van der Waals surface area contributed by atoms with Crippen molar-refractivity contribution < 1.29 is 0 Å². The van der Waals surface area contributed by atoms with Crippen molar-refractivity contribution >= 4 is 10.9 Å². The highest BCUT2D eigenvalue weighted by atomic mass is 15.2. The summed E-state index contributed by atoms with van der Waals surface area (Å²) in [5, 5.41) is 14.1. The zero-order valence-corrected chi connectivity index (χ0v) is 10.0. The summed E-state index contributed by atoms with van der Waals surface area (Å²) in [6.07, 6.45) is 6.16. The molecule has 0 aliphatic heterocycles. The Morgan fingerprint density at radius 1 is 1.39 bits per heavy atom. The molecule has 0 saturated carbocycles. The Kier molecular flexibility index (Phi) is 2.38. The molecule has 2 heterocycles. The summed E-state index contributed by atoms with van der Waals surface area (Å²) in [6, 6.07) is 8.40. The van der Waals surface area contributed by atoms with E-state index in [1.807, 2.05) is 31.7 Å². The lowest BCUT2D eigenvalue weighted by Gasteiger charge is -1.99. The van der Waals surface area contributed by atoms with E-state index in [4.69, 9.17) is 5.26 Å². The fourth-order valence-corrected chi connectivity index (χ4v) is 2.16. The molecule has 1 aromatic carbocycles. The number of hydrogen-bond acceptors (Lipinski definition) is 2. The van der Waals surface area contributed by atoms with Gasteiger partial charge in [0.15, 0.2) is 0 Å². The van der Waals surface area contributed by atoms with E-state index in [0.29, 0.717) is 6.42 Å². The number of aromatic amines is 1. The number of aromatic nitrogens is 3. The van der Waals surface area contributed by atoms with Crippen molar-refractivity contribution in [3.8, 4) is 17.2 Å². The average molecular weight is 236 g/mol. The SMILES string of the molecule is Cn1cc(-c2ccc3[nH]cc(CC#N)c3c2)cn1. The smallest absolute Gasteiger partial charge is 0.0670 e. The number of nitrogens with one attached hydrogen (secondary N) is 1. The molecule has 3 rings (SSSR count). The summed E-state index contributed by atoms with van der Waals surface area (Å²) >= 11 is 0. The van der Waals surface area contributed by atoms with Crippen molar-refractivity contribution in [3.05, 3.63) is 42.4 Å². The molecular weight excluding hydrogens is 224 g/mol. The number of hydrogen-bond donors (Lipinski definition) is 1. The van der Waals surface area contributed by atoms with Crippen LogP contribution in [-0.4, -0.2) is 14.8 Å². The minimum atomic E-state index is 0.427. The molecule has 0 amide bonds. The van der Waals surface area contributed by atoms with Crippen molar-refractivity contribution in [3.63, 3.8) is 0 Å². The van der Waals surface area contributed by atoms with Crippen LogP contribution < -0.4 is 0 Å². The van der Waals surface area contributed by atoms with Gasteiger partial charge in [-0.2, -0.15) is 10.4 Å². The van der Waals surface area contributed by atoms with Crippen LogP contribution in [0.2, 0.25) is 0 Å². The molecule has 3 aromatic rings.